The molecule has 0 aliphatic carbocycles. The quantitative estimate of drug-likeness (QED) is 0.660. The first-order valence-electron chi connectivity index (χ1n) is 6.15. The predicted molar refractivity (Wildman–Crippen MR) is 73.1 cm³/mol. The Balaban J connectivity index is 2.34. The summed E-state index contributed by atoms with van der Waals surface area (Å²) < 4.78 is 12.8. The highest BCUT2D eigenvalue weighted by molar-refractivity contribution is 6.33. The van der Waals surface area contributed by atoms with Gasteiger partial charge in [-0.1, -0.05) is 11.6 Å². The van der Waals surface area contributed by atoms with Gasteiger partial charge in [0, 0.05) is 26.1 Å². The lowest BCUT2D eigenvalue weighted by atomic mass is 10.2. The maximum Gasteiger partial charge on any atom is 0.252 e. The van der Waals surface area contributed by atoms with E-state index < -0.39 is 11.7 Å². The summed E-state index contributed by atoms with van der Waals surface area (Å²) in [4.78, 5) is 23.1. The summed E-state index contributed by atoms with van der Waals surface area (Å²) in [6.07, 6.45) is 0.610. The van der Waals surface area contributed by atoms with E-state index in [2.05, 4.69) is 10.6 Å². The van der Waals surface area contributed by atoms with E-state index in [4.69, 9.17) is 16.7 Å². The van der Waals surface area contributed by atoms with Crippen molar-refractivity contribution in [3.8, 4) is 0 Å². The third-order valence-corrected chi connectivity index (χ3v) is 2.78. The van der Waals surface area contributed by atoms with Gasteiger partial charge in [-0.3, -0.25) is 9.59 Å². The summed E-state index contributed by atoms with van der Waals surface area (Å²) in [5, 5.41) is 13.7. The zero-order valence-corrected chi connectivity index (χ0v) is 11.5. The van der Waals surface area contributed by atoms with Gasteiger partial charge in [-0.25, -0.2) is 4.39 Å². The van der Waals surface area contributed by atoms with Gasteiger partial charge in [0.1, 0.15) is 5.82 Å². The molecule has 3 N–H and O–H groups in total. The Labute approximate surface area is 121 Å². The monoisotopic (exact) mass is 302 g/mol. The van der Waals surface area contributed by atoms with E-state index in [1.807, 2.05) is 0 Å². The zero-order valence-electron chi connectivity index (χ0n) is 10.8. The molecule has 1 aromatic carbocycles. The molecule has 5 nitrogen and oxygen atoms in total. The molecule has 0 heterocycles. The number of hydrogen-bond acceptors (Lipinski definition) is 3. The lowest BCUT2D eigenvalue weighted by Crippen LogP contribution is -2.31. The van der Waals surface area contributed by atoms with Crippen molar-refractivity contribution in [2.45, 2.75) is 12.8 Å². The molecule has 0 aromatic heterocycles. The zero-order chi connectivity index (χ0) is 15.0. The van der Waals surface area contributed by atoms with E-state index in [9.17, 15) is 14.0 Å². The number of aliphatic hydroxyl groups excluding tert-OH is 1. The van der Waals surface area contributed by atoms with Crippen LogP contribution >= 0.6 is 11.6 Å². The average molecular weight is 303 g/mol. The first-order valence-corrected chi connectivity index (χ1v) is 6.53. The van der Waals surface area contributed by atoms with Crippen molar-refractivity contribution in [1.29, 1.82) is 0 Å². The van der Waals surface area contributed by atoms with Crippen molar-refractivity contribution in [3.05, 3.63) is 34.6 Å². The molecular weight excluding hydrogens is 287 g/mol. The van der Waals surface area contributed by atoms with Crippen LogP contribution in [-0.2, 0) is 4.79 Å². The molecule has 0 spiro atoms. The smallest absolute Gasteiger partial charge is 0.252 e. The number of benzene rings is 1. The maximum absolute atomic E-state index is 12.8. The van der Waals surface area contributed by atoms with Crippen LogP contribution in [-0.4, -0.2) is 36.6 Å². The number of nitrogens with one attached hydrogen (secondary N) is 2. The van der Waals surface area contributed by atoms with Crippen LogP contribution in [0.25, 0.3) is 0 Å². The van der Waals surface area contributed by atoms with E-state index in [-0.39, 0.29) is 36.1 Å². The fourth-order valence-corrected chi connectivity index (χ4v) is 1.71. The van der Waals surface area contributed by atoms with Crippen LogP contribution in [0.4, 0.5) is 4.39 Å². The third-order valence-electron chi connectivity index (χ3n) is 2.47. The Bertz CT molecular complexity index is 483. The van der Waals surface area contributed by atoms with Crippen LogP contribution in [0.3, 0.4) is 0 Å². The molecule has 0 atom stereocenters. The average Bonchev–Trinajstić information content (AvgIpc) is 2.38. The highest BCUT2D eigenvalue weighted by Gasteiger charge is 2.11. The van der Waals surface area contributed by atoms with Crippen LogP contribution in [0.15, 0.2) is 18.2 Å². The van der Waals surface area contributed by atoms with Gasteiger partial charge in [0.05, 0.1) is 10.6 Å². The van der Waals surface area contributed by atoms with Crippen LogP contribution in [0.1, 0.15) is 23.2 Å². The van der Waals surface area contributed by atoms with E-state index in [0.29, 0.717) is 13.0 Å². The maximum atomic E-state index is 12.8. The van der Waals surface area contributed by atoms with Crippen molar-refractivity contribution < 1.29 is 19.1 Å². The minimum atomic E-state index is -0.519. The molecule has 110 valence electrons. The van der Waals surface area contributed by atoms with E-state index in [0.717, 1.165) is 12.1 Å². The SMILES string of the molecule is O=C(CCNC(=O)c1ccc(F)cc1Cl)NCCCO. The van der Waals surface area contributed by atoms with Crippen LogP contribution in [0, 0.1) is 5.82 Å². The fourth-order valence-electron chi connectivity index (χ4n) is 1.45. The van der Waals surface area contributed by atoms with Gasteiger partial charge in [0.25, 0.3) is 5.91 Å². The second-order valence-electron chi connectivity index (χ2n) is 4.06. The van der Waals surface area contributed by atoms with Gasteiger partial charge in [-0.2, -0.15) is 0 Å². The minimum Gasteiger partial charge on any atom is -0.396 e. The normalized spacial score (nSPS) is 10.2. The highest BCUT2D eigenvalue weighted by Crippen LogP contribution is 2.16. The Morgan fingerprint density at radius 1 is 1.25 bits per heavy atom. The Kier molecular flexibility index (Phi) is 6.97. The Morgan fingerprint density at radius 3 is 2.65 bits per heavy atom. The molecule has 0 saturated heterocycles. The van der Waals surface area contributed by atoms with Crippen LogP contribution < -0.4 is 10.6 Å². The lowest BCUT2D eigenvalue weighted by molar-refractivity contribution is -0.120. The molecule has 0 saturated carbocycles. The highest BCUT2D eigenvalue weighted by atomic mass is 35.5. The lowest BCUT2D eigenvalue weighted by Gasteiger charge is -2.07. The summed E-state index contributed by atoms with van der Waals surface area (Å²) in [7, 11) is 0. The molecule has 0 radical (unpaired) electrons. The largest absolute Gasteiger partial charge is 0.396 e. The number of carbonyl (C=O) groups excluding carboxylic acids is 2. The summed E-state index contributed by atoms with van der Waals surface area (Å²) in [5.74, 6) is -1.20. The topological polar surface area (TPSA) is 78.4 Å². The van der Waals surface area contributed by atoms with Gasteiger partial charge in [-0.15, -0.1) is 0 Å². The number of amides is 2. The van der Waals surface area contributed by atoms with Gasteiger partial charge < -0.3 is 15.7 Å². The Hall–Kier alpha value is -1.66. The molecular formula is C13H16ClFN2O3. The van der Waals surface area contributed by atoms with Crippen molar-refractivity contribution in [2.75, 3.05) is 19.7 Å². The molecule has 1 aromatic rings. The standard InChI is InChI=1S/C13H16ClFN2O3/c14-11-8-9(15)2-3-10(11)13(20)17-6-4-12(19)16-5-1-7-18/h2-3,8,18H,1,4-7H2,(H,16,19)(H,17,20). The van der Waals surface area contributed by atoms with Gasteiger partial charge in [0.15, 0.2) is 0 Å². The van der Waals surface area contributed by atoms with E-state index in [1.54, 1.807) is 0 Å². The van der Waals surface area contributed by atoms with Crippen molar-refractivity contribution in [1.82, 2.24) is 10.6 Å². The first-order chi connectivity index (χ1) is 9.54. The number of carbonyl (C=O) groups is 2. The van der Waals surface area contributed by atoms with Crippen molar-refractivity contribution in [3.63, 3.8) is 0 Å². The van der Waals surface area contributed by atoms with Gasteiger partial charge in [-0.05, 0) is 24.6 Å². The molecule has 7 heteroatoms. The molecule has 0 aliphatic rings. The third kappa shape index (κ3) is 5.54. The summed E-state index contributed by atoms with van der Waals surface area (Å²) in [5.41, 5.74) is 0.161. The van der Waals surface area contributed by atoms with Crippen molar-refractivity contribution in [2.24, 2.45) is 0 Å². The van der Waals surface area contributed by atoms with Gasteiger partial charge in [0.2, 0.25) is 5.91 Å². The fraction of sp³-hybridized carbons (Fsp3) is 0.385. The first kappa shape index (κ1) is 16.4. The second-order valence-corrected chi connectivity index (χ2v) is 4.46. The molecule has 1 rings (SSSR count). The Morgan fingerprint density at radius 2 is 2.00 bits per heavy atom. The minimum absolute atomic E-state index is 0.0140. The summed E-state index contributed by atoms with van der Waals surface area (Å²) >= 11 is 5.75. The molecule has 0 aliphatic heterocycles. The molecule has 0 bridgehead atoms. The van der Waals surface area contributed by atoms with E-state index in [1.165, 1.54) is 6.07 Å². The molecule has 0 fully saturated rings. The second kappa shape index (κ2) is 8.50. The number of rotatable bonds is 7. The van der Waals surface area contributed by atoms with Crippen LogP contribution in [0.5, 0.6) is 0 Å². The van der Waals surface area contributed by atoms with E-state index >= 15 is 0 Å². The number of aliphatic hydroxyl groups is 1. The van der Waals surface area contributed by atoms with Gasteiger partial charge >= 0.3 is 0 Å². The van der Waals surface area contributed by atoms with Crippen molar-refractivity contribution >= 4 is 23.4 Å². The number of halogens is 2. The van der Waals surface area contributed by atoms with Crippen LogP contribution in [0.2, 0.25) is 5.02 Å². The number of hydrogen-bond donors (Lipinski definition) is 3. The molecule has 20 heavy (non-hydrogen) atoms. The predicted octanol–water partition coefficient (Wildman–Crippen LogP) is 1.10. The summed E-state index contributed by atoms with van der Waals surface area (Å²) in [6, 6.07) is 3.48. The molecule has 0 unspecified atom stereocenters. The molecule has 2 amide bonds. The summed E-state index contributed by atoms with van der Waals surface area (Å²) in [6.45, 7) is 0.560.